The van der Waals surface area contributed by atoms with Crippen LogP contribution in [0.5, 0.6) is 0 Å². The topological polar surface area (TPSA) is 79.6 Å². The fourth-order valence-electron chi connectivity index (χ4n) is 2.72. The minimum absolute atomic E-state index is 0.0971. The van der Waals surface area contributed by atoms with Gasteiger partial charge in [-0.15, -0.1) is 0 Å². The summed E-state index contributed by atoms with van der Waals surface area (Å²) >= 11 is 0. The molecule has 1 aromatic heterocycles. The number of nitrogens with one attached hydrogen (secondary N) is 1. The van der Waals surface area contributed by atoms with Crippen LogP contribution >= 0.6 is 0 Å². The van der Waals surface area contributed by atoms with Gasteiger partial charge in [0.1, 0.15) is 5.71 Å². The van der Waals surface area contributed by atoms with Crippen molar-refractivity contribution in [2.24, 2.45) is 5.10 Å². The molecule has 130 valence electrons. The van der Waals surface area contributed by atoms with E-state index in [-0.39, 0.29) is 24.3 Å². The molecule has 0 saturated heterocycles. The molecule has 1 aromatic carbocycles. The van der Waals surface area contributed by atoms with Crippen molar-refractivity contribution in [3.8, 4) is 0 Å². The number of hydrazone groups is 1. The van der Waals surface area contributed by atoms with Crippen LogP contribution in [0.3, 0.4) is 0 Å². The van der Waals surface area contributed by atoms with Crippen LogP contribution < -0.4 is 10.3 Å². The summed E-state index contributed by atoms with van der Waals surface area (Å²) in [6.45, 7) is 4.44. The van der Waals surface area contributed by atoms with E-state index in [1.165, 1.54) is 5.01 Å². The largest absolute Gasteiger partial charge is 0.347 e. The van der Waals surface area contributed by atoms with Crippen LogP contribution in [0, 0.1) is 6.92 Å². The fraction of sp³-hybridized carbons (Fsp3) is 0.333. The van der Waals surface area contributed by atoms with Crippen molar-refractivity contribution in [3.05, 3.63) is 48.3 Å². The third-order valence-electron chi connectivity index (χ3n) is 3.94. The number of aryl methyl sites for hydroxylation is 1. The number of carbonyl (C=O) groups is 2. The molecule has 0 aliphatic carbocycles. The second-order valence-electron chi connectivity index (χ2n) is 6.19. The van der Waals surface area contributed by atoms with Gasteiger partial charge >= 0.3 is 0 Å². The van der Waals surface area contributed by atoms with Gasteiger partial charge in [0.25, 0.3) is 5.91 Å². The summed E-state index contributed by atoms with van der Waals surface area (Å²) in [6.07, 6.45) is 4.17. The minimum atomic E-state index is -0.246. The van der Waals surface area contributed by atoms with Gasteiger partial charge in [0.2, 0.25) is 5.91 Å². The Morgan fingerprint density at radius 2 is 2.16 bits per heavy atom. The molecule has 2 aromatic rings. The van der Waals surface area contributed by atoms with Crippen molar-refractivity contribution in [2.45, 2.75) is 39.3 Å². The van der Waals surface area contributed by atoms with Crippen LogP contribution in [-0.4, -0.2) is 33.3 Å². The molecule has 1 aliphatic rings. The van der Waals surface area contributed by atoms with Crippen LogP contribution in [-0.2, 0) is 16.1 Å². The van der Waals surface area contributed by atoms with E-state index in [9.17, 15) is 9.59 Å². The summed E-state index contributed by atoms with van der Waals surface area (Å²) in [5, 5.41) is 12.7. The third-order valence-corrected chi connectivity index (χ3v) is 3.94. The van der Waals surface area contributed by atoms with E-state index in [0.717, 1.165) is 5.56 Å². The first kappa shape index (κ1) is 16.9. The lowest BCUT2D eigenvalue weighted by molar-refractivity contribution is -0.119. The molecule has 1 aliphatic heterocycles. The van der Waals surface area contributed by atoms with Gasteiger partial charge < -0.3 is 5.32 Å². The maximum Gasteiger partial charge on any atom is 0.267 e. The molecule has 7 heteroatoms. The van der Waals surface area contributed by atoms with Crippen LogP contribution in [0.2, 0.25) is 0 Å². The van der Waals surface area contributed by atoms with Gasteiger partial charge in [0.05, 0.1) is 12.2 Å². The highest BCUT2D eigenvalue weighted by atomic mass is 16.2. The summed E-state index contributed by atoms with van der Waals surface area (Å²) in [4.78, 5) is 24.7. The van der Waals surface area contributed by atoms with Gasteiger partial charge in [-0.25, -0.2) is 5.01 Å². The number of nitrogens with zero attached hydrogens (tertiary/aromatic N) is 4. The van der Waals surface area contributed by atoms with Gasteiger partial charge in [-0.3, -0.25) is 14.3 Å². The molecule has 0 spiro atoms. The molecule has 25 heavy (non-hydrogen) atoms. The number of aromatic nitrogens is 2. The lowest BCUT2D eigenvalue weighted by Crippen LogP contribution is -2.43. The SMILES string of the molecule is Cc1cccc(N2N=C(C(=O)N[C@@H](C)Cn3cccn3)CCC2=O)c1. The Morgan fingerprint density at radius 3 is 2.88 bits per heavy atom. The second-order valence-corrected chi connectivity index (χ2v) is 6.19. The Labute approximate surface area is 146 Å². The monoisotopic (exact) mass is 339 g/mol. The molecule has 1 N–H and O–H groups in total. The Balaban J connectivity index is 1.71. The van der Waals surface area contributed by atoms with Crippen molar-refractivity contribution in [3.63, 3.8) is 0 Å². The van der Waals surface area contributed by atoms with E-state index >= 15 is 0 Å². The fourth-order valence-corrected chi connectivity index (χ4v) is 2.72. The highest BCUT2D eigenvalue weighted by Gasteiger charge is 2.26. The number of carbonyl (C=O) groups excluding carboxylic acids is 2. The van der Waals surface area contributed by atoms with E-state index in [2.05, 4.69) is 15.5 Å². The molecular formula is C18H21N5O2. The standard InChI is InChI=1S/C18H21N5O2/c1-13-5-3-6-15(11-13)23-17(24)8-7-16(21-23)18(25)20-14(2)12-22-10-4-9-19-22/h3-6,9-11,14H,7-8,12H2,1-2H3,(H,20,25)/t14-/m0/s1. The Morgan fingerprint density at radius 1 is 1.32 bits per heavy atom. The summed E-state index contributed by atoms with van der Waals surface area (Å²) in [7, 11) is 0. The smallest absolute Gasteiger partial charge is 0.267 e. The van der Waals surface area contributed by atoms with E-state index in [0.29, 0.717) is 24.4 Å². The van der Waals surface area contributed by atoms with Crippen LogP contribution in [0.4, 0.5) is 5.69 Å². The maximum atomic E-state index is 12.5. The Hall–Kier alpha value is -2.96. The molecule has 0 saturated carbocycles. The van der Waals surface area contributed by atoms with Gasteiger partial charge in [-0.2, -0.15) is 10.2 Å². The van der Waals surface area contributed by atoms with E-state index in [4.69, 9.17) is 0 Å². The van der Waals surface area contributed by atoms with Crippen LogP contribution in [0.1, 0.15) is 25.3 Å². The number of amides is 2. The number of anilines is 1. The quantitative estimate of drug-likeness (QED) is 0.903. The van der Waals surface area contributed by atoms with Gasteiger partial charge in [0, 0.05) is 31.3 Å². The van der Waals surface area contributed by atoms with Crippen molar-refractivity contribution in [1.82, 2.24) is 15.1 Å². The predicted octanol–water partition coefficient (Wildman–Crippen LogP) is 1.88. The Kier molecular flexibility index (Phi) is 4.92. The normalized spacial score (nSPS) is 15.7. The van der Waals surface area contributed by atoms with Gasteiger partial charge in [0.15, 0.2) is 0 Å². The highest BCUT2D eigenvalue weighted by Crippen LogP contribution is 2.21. The van der Waals surface area contributed by atoms with Crippen molar-refractivity contribution >= 4 is 23.2 Å². The molecule has 0 bridgehead atoms. The number of hydrogen-bond donors (Lipinski definition) is 1. The average Bonchev–Trinajstić information content (AvgIpc) is 3.08. The molecular weight excluding hydrogens is 318 g/mol. The lowest BCUT2D eigenvalue weighted by atomic mass is 10.1. The number of rotatable bonds is 5. The average molecular weight is 339 g/mol. The number of hydrogen-bond acceptors (Lipinski definition) is 4. The van der Waals surface area contributed by atoms with Gasteiger partial charge in [-0.1, -0.05) is 12.1 Å². The van der Waals surface area contributed by atoms with E-state index < -0.39 is 0 Å². The van der Waals surface area contributed by atoms with Crippen LogP contribution in [0.15, 0.2) is 47.8 Å². The molecule has 0 unspecified atom stereocenters. The molecule has 1 atom stereocenters. The molecule has 2 heterocycles. The summed E-state index contributed by atoms with van der Waals surface area (Å²) in [5.74, 6) is -0.350. The Bertz CT molecular complexity index is 798. The highest BCUT2D eigenvalue weighted by molar-refractivity contribution is 6.40. The van der Waals surface area contributed by atoms with E-state index in [1.54, 1.807) is 10.9 Å². The van der Waals surface area contributed by atoms with Crippen LogP contribution in [0.25, 0.3) is 0 Å². The second kappa shape index (κ2) is 7.29. The zero-order valence-electron chi connectivity index (χ0n) is 14.3. The molecule has 0 radical (unpaired) electrons. The first-order valence-corrected chi connectivity index (χ1v) is 8.28. The molecule has 0 fully saturated rings. The zero-order valence-corrected chi connectivity index (χ0v) is 14.3. The van der Waals surface area contributed by atoms with Crippen molar-refractivity contribution < 1.29 is 9.59 Å². The molecule has 2 amide bonds. The number of benzene rings is 1. The minimum Gasteiger partial charge on any atom is -0.347 e. The molecule has 7 nitrogen and oxygen atoms in total. The molecule has 3 rings (SSSR count). The summed E-state index contributed by atoms with van der Waals surface area (Å²) < 4.78 is 1.76. The lowest BCUT2D eigenvalue weighted by Gasteiger charge is -2.24. The van der Waals surface area contributed by atoms with Crippen molar-refractivity contribution in [2.75, 3.05) is 5.01 Å². The first-order valence-electron chi connectivity index (χ1n) is 8.28. The first-order chi connectivity index (χ1) is 12.0. The zero-order chi connectivity index (χ0) is 17.8. The van der Waals surface area contributed by atoms with E-state index in [1.807, 2.05) is 50.4 Å². The third kappa shape index (κ3) is 4.12. The maximum absolute atomic E-state index is 12.5. The van der Waals surface area contributed by atoms with Gasteiger partial charge in [-0.05, 0) is 37.6 Å². The summed E-state index contributed by atoms with van der Waals surface area (Å²) in [6, 6.07) is 9.25. The van der Waals surface area contributed by atoms with Crippen molar-refractivity contribution in [1.29, 1.82) is 0 Å². The summed E-state index contributed by atoms with van der Waals surface area (Å²) in [5.41, 5.74) is 2.08. The predicted molar refractivity (Wildman–Crippen MR) is 95.2 cm³/mol.